The third-order valence-corrected chi connectivity index (χ3v) is 5.60. The summed E-state index contributed by atoms with van der Waals surface area (Å²) in [5.41, 5.74) is 1.93. The summed E-state index contributed by atoms with van der Waals surface area (Å²) in [6.07, 6.45) is 0.320. The van der Waals surface area contributed by atoms with E-state index in [9.17, 15) is 14.4 Å². The number of cyclic esters (lactones) is 1. The van der Waals surface area contributed by atoms with Gasteiger partial charge in [-0.15, -0.1) is 0 Å². The summed E-state index contributed by atoms with van der Waals surface area (Å²) in [6.45, 7) is 2.92. The average molecular weight is 443 g/mol. The summed E-state index contributed by atoms with van der Waals surface area (Å²) in [5.74, 6) is -0.0875. The fourth-order valence-electron chi connectivity index (χ4n) is 3.65. The Kier molecular flexibility index (Phi) is 6.27. The van der Waals surface area contributed by atoms with Crippen molar-refractivity contribution in [3.8, 4) is 0 Å². The molecular formula is C22H23ClN4O4. The van der Waals surface area contributed by atoms with Crippen molar-refractivity contribution in [2.24, 2.45) is 0 Å². The summed E-state index contributed by atoms with van der Waals surface area (Å²) in [4.78, 5) is 42.2. The SMILES string of the molecule is O=C(Nc1ccc(Cl)cc1)N1CCCN(C(=O)c2ccc(N3CCOC3=O)cc2)CC1. The van der Waals surface area contributed by atoms with Crippen molar-refractivity contribution in [1.82, 2.24) is 9.80 Å². The van der Waals surface area contributed by atoms with Crippen LogP contribution in [0.1, 0.15) is 16.8 Å². The number of carbonyl (C=O) groups excluding carboxylic acids is 3. The van der Waals surface area contributed by atoms with Crippen molar-refractivity contribution in [3.05, 3.63) is 59.1 Å². The summed E-state index contributed by atoms with van der Waals surface area (Å²) in [6, 6.07) is 13.7. The molecule has 162 valence electrons. The molecule has 0 atom stereocenters. The topological polar surface area (TPSA) is 82.2 Å². The molecule has 1 N–H and O–H groups in total. The summed E-state index contributed by atoms with van der Waals surface area (Å²) < 4.78 is 4.95. The van der Waals surface area contributed by atoms with E-state index in [4.69, 9.17) is 16.3 Å². The van der Waals surface area contributed by atoms with Crippen LogP contribution in [0.15, 0.2) is 48.5 Å². The molecule has 2 aliphatic heterocycles. The molecule has 0 radical (unpaired) electrons. The molecule has 4 rings (SSSR count). The molecule has 0 bridgehead atoms. The van der Waals surface area contributed by atoms with E-state index >= 15 is 0 Å². The minimum Gasteiger partial charge on any atom is -0.447 e. The van der Waals surface area contributed by atoms with Gasteiger partial charge in [-0.25, -0.2) is 9.59 Å². The van der Waals surface area contributed by atoms with Crippen LogP contribution in [0.4, 0.5) is 21.0 Å². The Morgan fingerprint density at radius 3 is 2.23 bits per heavy atom. The minimum absolute atomic E-state index is 0.0875. The van der Waals surface area contributed by atoms with Crippen LogP contribution in [-0.2, 0) is 4.74 Å². The lowest BCUT2D eigenvalue weighted by Gasteiger charge is -2.23. The zero-order valence-corrected chi connectivity index (χ0v) is 17.7. The van der Waals surface area contributed by atoms with E-state index < -0.39 is 0 Å². The van der Waals surface area contributed by atoms with E-state index in [1.165, 1.54) is 4.90 Å². The van der Waals surface area contributed by atoms with Crippen molar-refractivity contribution < 1.29 is 19.1 Å². The number of benzene rings is 2. The molecule has 2 aromatic carbocycles. The Balaban J connectivity index is 1.34. The van der Waals surface area contributed by atoms with E-state index in [0.29, 0.717) is 67.7 Å². The molecule has 2 fully saturated rings. The smallest absolute Gasteiger partial charge is 0.414 e. The summed E-state index contributed by atoms with van der Waals surface area (Å²) >= 11 is 5.88. The number of nitrogens with one attached hydrogen (secondary N) is 1. The van der Waals surface area contributed by atoms with Crippen LogP contribution in [0.5, 0.6) is 0 Å². The van der Waals surface area contributed by atoms with Crippen LogP contribution in [-0.4, -0.2) is 67.2 Å². The van der Waals surface area contributed by atoms with E-state index in [0.717, 1.165) is 0 Å². The molecule has 2 aromatic rings. The number of rotatable bonds is 3. The highest BCUT2D eigenvalue weighted by atomic mass is 35.5. The van der Waals surface area contributed by atoms with Gasteiger partial charge in [-0.2, -0.15) is 0 Å². The van der Waals surface area contributed by atoms with Gasteiger partial charge in [0.05, 0.1) is 6.54 Å². The predicted octanol–water partition coefficient (Wildman–Crippen LogP) is 3.68. The molecule has 0 spiro atoms. The number of ether oxygens (including phenoxy) is 1. The Morgan fingerprint density at radius 2 is 1.55 bits per heavy atom. The van der Waals surface area contributed by atoms with Crippen LogP contribution in [0.3, 0.4) is 0 Å². The number of amides is 4. The fraction of sp³-hybridized carbons (Fsp3) is 0.318. The van der Waals surface area contributed by atoms with E-state index in [2.05, 4.69) is 5.32 Å². The Morgan fingerprint density at radius 1 is 0.871 bits per heavy atom. The maximum absolute atomic E-state index is 12.9. The lowest BCUT2D eigenvalue weighted by Crippen LogP contribution is -2.39. The van der Waals surface area contributed by atoms with Gasteiger partial charge < -0.3 is 19.9 Å². The lowest BCUT2D eigenvalue weighted by atomic mass is 10.1. The van der Waals surface area contributed by atoms with Crippen molar-refractivity contribution in [1.29, 1.82) is 0 Å². The molecule has 0 saturated carbocycles. The van der Waals surface area contributed by atoms with Gasteiger partial charge in [0.15, 0.2) is 0 Å². The number of nitrogens with zero attached hydrogens (tertiary/aromatic N) is 3. The van der Waals surface area contributed by atoms with Crippen molar-refractivity contribution in [2.45, 2.75) is 6.42 Å². The molecule has 8 nitrogen and oxygen atoms in total. The largest absolute Gasteiger partial charge is 0.447 e. The zero-order valence-electron chi connectivity index (χ0n) is 16.9. The third kappa shape index (κ3) is 4.91. The summed E-state index contributed by atoms with van der Waals surface area (Å²) in [7, 11) is 0. The highest BCUT2D eigenvalue weighted by molar-refractivity contribution is 6.30. The van der Waals surface area contributed by atoms with Gasteiger partial charge in [0.1, 0.15) is 6.61 Å². The number of hydrogen-bond donors (Lipinski definition) is 1. The molecule has 9 heteroatoms. The number of hydrogen-bond acceptors (Lipinski definition) is 4. The first-order chi connectivity index (χ1) is 15.0. The molecule has 4 amide bonds. The zero-order chi connectivity index (χ0) is 21.8. The quantitative estimate of drug-likeness (QED) is 0.786. The van der Waals surface area contributed by atoms with E-state index in [-0.39, 0.29) is 18.0 Å². The maximum atomic E-state index is 12.9. The fourth-order valence-corrected chi connectivity index (χ4v) is 3.78. The van der Waals surface area contributed by atoms with Gasteiger partial charge in [-0.1, -0.05) is 11.6 Å². The molecule has 0 aliphatic carbocycles. The molecule has 0 unspecified atom stereocenters. The molecular weight excluding hydrogens is 420 g/mol. The monoisotopic (exact) mass is 442 g/mol. The molecule has 31 heavy (non-hydrogen) atoms. The predicted molar refractivity (Wildman–Crippen MR) is 118 cm³/mol. The van der Waals surface area contributed by atoms with Crippen molar-refractivity contribution in [3.63, 3.8) is 0 Å². The first kappa shape index (κ1) is 21.0. The van der Waals surface area contributed by atoms with Crippen molar-refractivity contribution >= 4 is 41.0 Å². The molecule has 2 heterocycles. The van der Waals surface area contributed by atoms with Crippen LogP contribution < -0.4 is 10.2 Å². The van der Waals surface area contributed by atoms with Crippen LogP contribution in [0.2, 0.25) is 5.02 Å². The first-order valence-electron chi connectivity index (χ1n) is 10.2. The van der Waals surface area contributed by atoms with Gasteiger partial charge in [0.2, 0.25) is 0 Å². The van der Waals surface area contributed by atoms with Crippen molar-refractivity contribution in [2.75, 3.05) is 49.5 Å². The highest BCUT2D eigenvalue weighted by Crippen LogP contribution is 2.20. The molecule has 2 saturated heterocycles. The second-order valence-electron chi connectivity index (χ2n) is 7.38. The van der Waals surface area contributed by atoms with E-state index in [1.807, 2.05) is 0 Å². The number of halogens is 1. The Bertz CT molecular complexity index is 964. The van der Waals surface area contributed by atoms with Gasteiger partial charge in [-0.05, 0) is 55.0 Å². The summed E-state index contributed by atoms with van der Waals surface area (Å²) in [5, 5.41) is 3.47. The Hall–Kier alpha value is -3.26. The first-order valence-corrected chi connectivity index (χ1v) is 10.5. The second kappa shape index (κ2) is 9.26. The van der Waals surface area contributed by atoms with Crippen LogP contribution >= 0.6 is 11.6 Å². The highest BCUT2D eigenvalue weighted by Gasteiger charge is 2.25. The minimum atomic E-state index is -0.372. The Labute approximate surface area is 185 Å². The van der Waals surface area contributed by atoms with Gasteiger partial charge in [0, 0.05) is 48.1 Å². The van der Waals surface area contributed by atoms with Gasteiger partial charge in [0.25, 0.3) is 5.91 Å². The standard InChI is InChI=1S/C22H23ClN4O4/c23-17-4-6-18(7-5-17)24-21(29)26-11-1-10-25(12-13-26)20(28)16-2-8-19(9-3-16)27-14-15-31-22(27)30/h2-9H,1,10-15H2,(H,24,29). The van der Waals surface area contributed by atoms with Crippen LogP contribution in [0.25, 0.3) is 0 Å². The maximum Gasteiger partial charge on any atom is 0.414 e. The average Bonchev–Trinajstić information content (AvgIpc) is 3.06. The number of anilines is 2. The molecule has 0 aromatic heterocycles. The number of carbonyl (C=O) groups is 3. The normalized spacial score (nSPS) is 16.7. The second-order valence-corrected chi connectivity index (χ2v) is 7.82. The van der Waals surface area contributed by atoms with E-state index in [1.54, 1.807) is 58.3 Å². The number of urea groups is 1. The molecule has 2 aliphatic rings. The lowest BCUT2D eigenvalue weighted by molar-refractivity contribution is 0.0762. The van der Waals surface area contributed by atoms with Gasteiger partial charge >= 0.3 is 12.1 Å². The van der Waals surface area contributed by atoms with Gasteiger partial charge in [-0.3, -0.25) is 9.69 Å². The third-order valence-electron chi connectivity index (χ3n) is 5.35. The van der Waals surface area contributed by atoms with Crippen LogP contribution in [0, 0.1) is 0 Å².